The molecule has 0 fully saturated rings. The van der Waals surface area contributed by atoms with Crippen LogP contribution in [-0.4, -0.2) is 36.0 Å². The van der Waals surface area contributed by atoms with Crippen molar-refractivity contribution in [2.45, 2.75) is 19.1 Å². The lowest BCUT2D eigenvalue weighted by molar-refractivity contribution is -0.147. The largest absolute Gasteiger partial charge is 0.465 e. The standard InChI is InChI=1S/C25H22N2O5S/c1-31-24(29)17-7-4-6-16(12-17)15-32-25(30)21(27-23(28)22-10-5-11-33-22)13-18-14-26-20-9-3-2-8-19(18)20/h2-12,14,21,26H,13,15H2,1H3,(H,27,28)/t21-/m1/s1. The quantitative estimate of drug-likeness (QED) is 0.384. The van der Waals surface area contributed by atoms with Crippen molar-refractivity contribution in [2.75, 3.05) is 7.11 Å². The van der Waals surface area contributed by atoms with Crippen molar-refractivity contribution in [1.29, 1.82) is 0 Å². The van der Waals surface area contributed by atoms with Gasteiger partial charge in [-0.25, -0.2) is 9.59 Å². The maximum Gasteiger partial charge on any atom is 0.337 e. The monoisotopic (exact) mass is 462 g/mol. The van der Waals surface area contributed by atoms with Crippen molar-refractivity contribution in [1.82, 2.24) is 10.3 Å². The number of benzene rings is 2. The summed E-state index contributed by atoms with van der Waals surface area (Å²) in [5.41, 5.74) is 2.85. The number of amides is 1. The minimum atomic E-state index is -0.886. The number of rotatable bonds is 8. The van der Waals surface area contributed by atoms with E-state index in [1.165, 1.54) is 18.4 Å². The molecule has 2 N–H and O–H groups in total. The maximum absolute atomic E-state index is 13.0. The molecule has 2 aromatic carbocycles. The summed E-state index contributed by atoms with van der Waals surface area (Å²) in [5, 5.41) is 5.59. The van der Waals surface area contributed by atoms with Crippen LogP contribution in [0.15, 0.2) is 72.2 Å². The van der Waals surface area contributed by atoms with Gasteiger partial charge in [0.25, 0.3) is 5.91 Å². The van der Waals surface area contributed by atoms with Crippen molar-refractivity contribution in [3.05, 3.63) is 93.8 Å². The van der Waals surface area contributed by atoms with Crippen LogP contribution in [0.2, 0.25) is 0 Å². The predicted octanol–water partition coefficient (Wildman–Crippen LogP) is 4.10. The number of aromatic nitrogens is 1. The van der Waals surface area contributed by atoms with Gasteiger partial charge in [-0.1, -0.05) is 36.4 Å². The highest BCUT2D eigenvalue weighted by molar-refractivity contribution is 7.12. The summed E-state index contributed by atoms with van der Waals surface area (Å²) in [7, 11) is 1.31. The molecule has 0 saturated heterocycles. The summed E-state index contributed by atoms with van der Waals surface area (Å²) in [4.78, 5) is 41.1. The highest BCUT2D eigenvalue weighted by Gasteiger charge is 2.25. The first-order valence-electron chi connectivity index (χ1n) is 10.3. The van der Waals surface area contributed by atoms with Gasteiger partial charge >= 0.3 is 11.9 Å². The lowest BCUT2D eigenvalue weighted by atomic mass is 10.0. The van der Waals surface area contributed by atoms with Gasteiger partial charge in [-0.3, -0.25) is 4.79 Å². The topological polar surface area (TPSA) is 97.5 Å². The van der Waals surface area contributed by atoms with Crippen molar-refractivity contribution in [2.24, 2.45) is 0 Å². The summed E-state index contributed by atoms with van der Waals surface area (Å²) < 4.78 is 10.3. The average Bonchev–Trinajstić information content (AvgIpc) is 3.52. The summed E-state index contributed by atoms with van der Waals surface area (Å²) in [5.74, 6) is -1.36. The molecule has 1 atom stereocenters. The van der Waals surface area contributed by atoms with E-state index in [1.807, 2.05) is 30.5 Å². The molecule has 0 saturated carbocycles. The first-order chi connectivity index (χ1) is 16.0. The number of hydrogen-bond donors (Lipinski definition) is 2. The molecule has 4 rings (SSSR count). The van der Waals surface area contributed by atoms with Crippen molar-refractivity contribution < 1.29 is 23.9 Å². The summed E-state index contributed by atoms with van der Waals surface area (Å²) in [6.07, 6.45) is 2.10. The summed E-state index contributed by atoms with van der Waals surface area (Å²) >= 11 is 1.30. The van der Waals surface area contributed by atoms with Crippen LogP contribution in [0.4, 0.5) is 0 Å². The first-order valence-corrected chi connectivity index (χ1v) is 11.2. The van der Waals surface area contributed by atoms with Gasteiger partial charge in [-0.15, -0.1) is 11.3 Å². The number of fused-ring (bicyclic) bond motifs is 1. The third-order valence-corrected chi connectivity index (χ3v) is 6.03. The van der Waals surface area contributed by atoms with Crippen LogP contribution < -0.4 is 5.32 Å². The molecule has 8 heteroatoms. The Bertz CT molecular complexity index is 1280. The molecule has 0 aliphatic carbocycles. The first kappa shape index (κ1) is 22.3. The number of nitrogens with one attached hydrogen (secondary N) is 2. The second-order valence-electron chi connectivity index (χ2n) is 7.37. The molecule has 0 aliphatic heterocycles. The van der Waals surface area contributed by atoms with Crippen LogP contribution in [0.3, 0.4) is 0 Å². The number of aromatic amines is 1. The Morgan fingerprint density at radius 1 is 1.06 bits per heavy atom. The van der Waals surface area contributed by atoms with E-state index in [2.05, 4.69) is 10.3 Å². The van der Waals surface area contributed by atoms with Gasteiger partial charge < -0.3 is 19.8 Å². The van der Waals surface area contributed by atoms with E-state index in [0.717, 1.165) is 16.5 Å². The number of para-hydroxylation sites is 1. The van der Waals surface area contributed by atoms with E-state index in [0.29, 0.717) is 16.0 Å². The molecular formula is C25H22N2O5S. The zero-order valence-electron chi connectivity index (χ0n) is 17.9. The van der Waals surface area contributed by atoms with Gasteiger partial charge in [0.2, 0.25) is 0 Å². The van der Waals surface area contributed by atoms with Crippen molar-refractivity contribution in [3.63, 3.8) is 0 Å². The molecule has 2 aromatic heterocycles. The fraction of sp³-hybridized carbons (Fsp3) is 0.160. The minimum Gasteiger partial charge on any atom is -0.465 e. The average molecular weight is 463 g/mol. The van der Waals surface area contributed by atoms with Crippen LogP contribution in [0.5, 0.6) is 0 Å². The smallest absolute Gasteiger partial charge is 0.337 e. The SMILES string of the molecule is COC(=O)c1cccc(COC(=O)[C@@H](Cc2c[nH]c3ccccc23)NC(=O)c2cccs2)c1. The molecule has 0 aliphatic rings. The Hall–Kier alpha value is -3.91. The number of ether oxygens (including phenoxy) is 2. The zero-order chi connectivity index (χ0) is 23.2. The zero-order valence-corrected chi connectivity index (χ0v) is 18.7. The Labute approximate surface area is 194 Å². The molecule has 168 valence electrons. The second-order valence-corrected chi connectivity index (χ2v) is 8.31. The van der Waals surface area contributed by atoms with E-state index in [1.54, 1.807) is 41.8 Å². The van der Waals surface area contributed by atoms with Gasteiger partial charge in [0, 0.05) is 23.5 Å². The third kappa shape index (κ3) is 5.30. The lowest BCUT2D eigenvalue weighted by Gasteiger charge is -2.17. The highest BCUT2D eigenvalue weighted by atomic mass is 32.1. The van der Waals surface area contributed by atoms with Crippen LogP contribution in [-0.2, 0) is 27.3 Å². The molecule has 0 unspecified atom stereocenters. The van der Waals surface area contributed by atoms with E-state index >= 15 is 0 Å². The number of carbonyl (C=O) groups excluding carboxylic acids is 3. The second kappa shape index (κ2) is 10.1. The normalized spacial score (nSPS) is 11.7. The van der Waals surface area contributed by atoms with Crippen LogP contribution in [0.25, 0.3) is 10.9 Å². The molecule has 33 heavy (non-hydrogen) atoms. The number of esters is 2. The molecule has 0 radical (unpaired) electrons. The maximum atomic E-state index is 13.0. The van der Waals surface area contributed by atoms with Crippen LogP contribution in [0, 0.1) is 0 Å². The van der Waals surface area contributed by atoms with E-state index in [4.69, 9.17) is 9.47 Å². The Morgan fingerprint density at radius 3 is 2.70 bits per heavy atom. The Kier molecular flexibility index (Phi) is 6.85. The predicted molar refractivity (Wildman–Crippen MR) is 125 cm³/mol. The van der Waals surface area contributed by atoms with Gasteiger partial charge in [0.15, 0.2) is 0 Å². The van der Waals surface area contributed by atoms with Gasteiger partial charge in [0.1, 0.15) is 12.6 Å². The molecule has 1 amide bonds. The number of methoxy groups -OCH3 is 1. The van der Waals surface area contributed by atoms with Crippen LogP contribution >= 0.6 is 11.3 Å². The molecule has 0 spiro atoms. The third-order valence-electron chi connectivity index (χ3n) is 5.16. The number of H-pyrrole nitrogens is 1. The lowest BCUT2D eigenvalue weighted by Crippen LogP contribution is -2.43. The summed E-state index contributed by atoms with van der Waals surface area (Å²) in [6, 6.07) is 17.0. The number of carbonyl (C=O) groups is 3. The molecule has 0 bridgehead atoms. The van der Waals surface area contributed by atoms with E-state index in [-0.39, 0.29) is 18.9 Å². The number of thiophene rings is 1. The van der Waals surface area contributed by atoms with Gasteiger partial charge in [-0.05, 0) is 40.8 Å². The van der Waals surface area contributed by atoms with Gasteiger partial charge in [0.05, 0.1) is 17.6 Å². The minimum absolute atomic E-state index is 0.0388. The molecule has 4 aromatic rings. The molecular weight excluding hydrogens is 440 g/mol. The Morgan fingerprint density at radius 2 is 1.91 bits per heavy atom. The Balaban J connectivity index is 1.51. The van der Waals surface area contributed by atoms with Crippen LogP contribution in [0.1, 0.15) is 31.2 Å². The van der Waals surface area contributed by atoms with Gasteiger partial charge in [-0.2, -0.15) is 0 Å². The van der Waals surface area contributed by atoms with Crippen molar-refractivity contribution >= 4 is 40.1 Å². The molecule has 7 nitrogen and oxygen atoms in total. The fourth-order valence-electron chi connectivity index (χ4n) is 3.51. The summed E-state index contributed by atoms with van der Waals surface area (Å²) in [6.45, 7) is -0.0388. The highest BCUT2D eigenvalue weighted by Crippen LogP contribution is 2.20. The number of hydrogen-bond acceptors (Lipinski definition) is 6. The van der Waals surface area contributed by atoms with E-state index in [9.17, 15) is 14.4 Å². The fourth-order valence-corrected chi connectivity index (χ4v) is 4.14. The van der Waals surface area contributed by atoms with Crippen molar-refractivity contribution in [3.8, 4) is 0 Å². The van der Waals surface area contributed by atoms with E-state index < -0.39 is 18.0 Å². The molecule has 2 heterocycles.